The van der Waals surface area contributed by atoms with Gasteiger partial charge in [-0.3, -0.25) is 49.1 Å². The van der Waals surface area contributed by atoms with Crippen molar-refractivity contribution in [2.75, 3.05) is 29.0 Å². The zero-order valence-electron chi connectivity index (χ0n) is 36.6. The first-order valence-electron chi connectivity index (χ1n) is 23.0. The number of hydrogen-bond donors (Lipinski definition) is 6. The molecule has 4 aromatic carbocycles. The molecule has 4 aromatic rings. The molecule has 1 saturated carbocycles. The number of carbonyl (C=O) groups is 7. The number of hydrogen-bond acceptors (Lipinski definition) is 9. The number of nitrogens with one attached hydrogen (secondary N) is 6. The highest BCUT2D eigenvalue weighted by Gasteiger charge is 2.72. The summed E-state index contributed by atoms with van der Waals surface area (Å²) < 4.78 is 16.2. The Kier molecular flexibility index (Phi) is 12.9. The summed E-state index contributed by atoms with van der Waals surface area (Å²) in [6, 6.07) is 19.3. The quantitative estimate of drug-likeness (QED) is 0.0545. The van der Waals surface area contributed by atoms with Gasteiger partial charge in [-0.2, -0.15) is 0 Å². The Labute approximate surface area is 396 Å². The summed E-state index contributed by atoms with van der Waals surface area (Å²) in [6.45, 7) is 1.03. The van der Waals surface area contributed by atoms with E-state index in [2.05, 4.69) is 31.9 Å². The highest BCUT2D eigenvalue weighted by molar-refractivity contribution is 6.31. The molecule has 1 aliphatic carbocycles. The lowest BCUT2D eigenvalue weighted by molar-refractivity contribution is -0.136. The van der Waals surface area contributed by atoms with Gasteiger partial charge < -0.3 is 21.3 Å². The molecule has 348 valence electrons. The van der Waals surface area contributed by atoms with Crippen LogP contribution in [0.5, 0.6) is 0 Å². The fraction of sp³-hybridized carbons (Fsp3) is 0.380. The van der Waals surface area contributed by atoms with Gasteiger partial charge in [-0.1, -0.05) is 86.0 Å². The second-order valence-corrected chi connectivity index (χ2v) is 18.9. The molecule has 4 aliphatic heterocycles. The largest absolute Gasteiger partial charge is 0.384 e. The van der Waals surface area contributed by atoms with E-state index < -0.39 is 64.3 Å². The van der Waals surface area contributed by atoms with Crippen molar-refractivity contribution >= 4 is 81.6 Å². The highest BCUT2D eigenvalue weighted by atomic mass is 35.5. The van der Waals surface area contributed by atoms with Gasteiger partial charge in [-0.15, -0.1) is 0 Å². The first-order chi connectivity index (χ1) is 32.3. The molecule has 14 nitrogen and oxygen atoms in total. The Hall–Kier alpha value is -6.16. The zero-order chi connectivity index (χ0) is 47.0. The van der Waals surface area contributed by atoms with E-state index in [1.165, 1.54) is 6.07 Å². The number of unbranched alkanes of at least 4 members (excludes halogenated alkanes) is 4. The molecule has 67 heavy (non-hydrogen) atoms. The maximum absolute atomic E-state index is 16.2. The zero-order valence-corrected chi connectivity index (χ0v) is 38.1. The fourth-order valence-electron chi connectivity index (χ4n) is 11.1. The number of carbonyl (C=O) groups excluding carboxylic acids is 7. The van der Waals surface area contributed by atoms with Crippen molar-refractivity contribution in [1.29, 1.82) is 0 Å². The lowest BCUT2D eigenvalue weighted by Gasteiger charge is -2.47. The van der Waals surface area contributed by atoms with Crippen molar-refractivity contribution in [3.63, 3.8) is 0 Å². The predicted molar refractivity (Wildman–Crippen MR) is 251 cm³/mol. The van der Waals surface area contributed by atoms with Crippen molar-refractivity contribution in [2.24, 2.45) is 0 Å². The molecule has 0 radical (unpaired) electrons. The van der Waals surface area contributed by atoms with Crippen molar-refractivity contribution < 1.29 is 38.0 Å². The molecule has 6 N–H and O–H groups in total. The minimum absolute atomic E-state index is 0.0524. The van der Waals surface area contributed by atoms with Crippen molar-refractivity contribution in [3.8, 4) is 0 Å². The van der Waals surface area contributed by atoms with Gasteiger partial charge in [0.05, 0.1) is 22.2 Å². The van der Waals surface area contributed by atoms with Crippen LogP contribution in [0.3, 0.4) is 0 Å². The molecule has 2 spiro atoms. The summed E-state index contributed by atoms with van der Waals surface area (Å²) in [7, 11) is 0. The molecule has 0 aromatic heterocycles. The second-order valence-electron chi connectivity index (χ2n) is 18.0. The van der Waals surface area contributed by atoms with E-state index in [0.29, 0.717) is 59.1 Å². The van der Waals surface area contributed by atoms with E-state index in [1.54, 1.807) is 66.7 Å². The SMILES string of the molecule is O=C1CCC(N2C(=O)c3cccc(NCCCCCCCNC(=O)c4ccc(NC(=O)C5NC6(CCCCC6)C6(C(=O)Nc7cc(Cl)ccc76)C5c5cccc(Cl)c5F)cc4)c3C2=O)C(=O)N1. The molecule has 17 heteroatoms. The van der Waals surface area contributed by atoms with Gasteiger partial charge in [0, 0.05) is 58.6 Å². The smallest absolute Gasteiger partial charge is 0.264 e. The van der Waals surface area contributed by atoms with Crippen LogP contribution in [0, 0.1) is 5.82 Å². The number of nitrogens with zero attached hydrogens (tertiary/aromatic N) is 1. The Morgan fingerprint density at radius 1 is 0.806 bits per heavy atom. The average molecular weight is 951 g/mol. The van der Waals surface area contributed by atoms with Crippen LogP contribution >= 0.6 is 23.2 Å². The van der Waals surface area contributed by atoms with Crippen molar-refractivity contribution in [2.45, 2.75) is 106 Å². The normalized spacial score (nSPS) is 22.7. The first kappa shape index (κ1) is 46.0. The van der Waals surface area contributed by atoms with E-state index >= 15 is 4.39 Å². The maximum Gasteiger partial charge on any atom is 0.264 e. The predicted octanol–water partition coefficient (Wildman–Crippen LogP) is 7.61. The van der Waals surface area contributed by atoms with Crippen LogP contribution in [0.2, 0.25) is 10.0 Å². The van der Waals surface area contributed by atoms with E-state index in [0.717, 1.165) is 56.3 Å². The molecular weight excluding hydrogens is 900 g/mol. The van der Waals surface area contributed by atoms with Crippen LogP contribution in [0.4, 0.5) is 21.5 Å². The topological polar surface area (TPSA) is 195 Å². The van der Waals surface area contributed by atoms with Gasteiger partial charge >= 0.3 is 0 Å². The fourth-order valence-corrected chi connectivity index (χ4v) is 11.5. The lowest BCUT2D eigenvalue weighted by atomic mass is 9.55. The summed E-state index contributed by atoms with van der Waals surface area (Å²) in [4.78, 5) is 93.7. The third-order valence-corrected chi connectivity index (χ3v) is 14.7. The minimum Gasteiger partial charge on any atom is -0.384 e. The van der Waals surface area contributed by atoms with Crippen LogP contribution in [-0.2, 0) is 24.6 Å². The summed E-state index contributed by atoms with van der Waals surface area (Å²) in [5, 5.41) is 18.4. The lowest BCUT2D eigenvalue weighted by Crippen LogP contribution is -2.60. The van der Waals surface area contributed by atoms with Gasteiger partial charge in [0.2, 0.25) is 23.6 Å². The minimum atomic E-state index is -1.36. The van der Waals surface area contributed by atoms with E-state index in [1.807, 2.05) is 6.07 Å². The summed E-state index contributed by atoms with van der Waals surface area (Å²) >= 11 is 12.8. The molecule has 2 saturated heterocycles. The number of fused-ring (bicyclic) bond motifs is 4. The molecule has 0 bridgehead atoms. The molecular formula is C50H50Cl2FN7O7. The van der Waals surface area contributed by atoms with Gasteiger partial charge in [0.15, 0.2) is 0 Å². The Bertz CT molecular complexity index is 2690. The van der Waals surface area contributed by atoms with Crippen LogP contribution in [0.25, 0.3) is 0 Å². The molecule has 4 atom stereocenters. The third-order valence-electron chi connectivity index (χ3n) is 14.1. The molecule has 3 fully saturated rings. The highest BCUT2D eigenvalue weighted by Crippen LogP contribution is 2.63. The van der Waals surface area contributed by atoms with Crippen molar-refractivity contribution in [1.82, 2.24) is 20.9 Å². The third kappa shape index (κ3) is 8.24. The number of rotatable bonds is 14. The maximum atomic E-state index is 16.2. The Morgan fingerprint density at radius 2 is 1.54 bits per heavy atom. The van der Waals surface area contributed by atoms with Crippen LogP contribution in [0.1, 0.15) is 125 Å². The summed E-state index contributed by atoms with van der Waals surface area (Å²) in [6.07, 6.45) is 8.16. The van der Waals surface area contributed by atoms with Crippen LogP contribution < -0.4 is 31.9 Å². The van der Waals surface area contributed by atoms with Gasteiger partial charge in [0.25, 0.3) is 17.7 Å². The second kappa shape index (κ2) is 18.8. The monoisotopic (exact) mass is 949 g/mol. The molecule has 4 heterocycles. The molecule has 9 rings (SSSR count). The average Bonchev–Trinajstić information content (AvgIpc) is 3.87. The first-order valence-corrected chi connectivity index (χ1v) is 23.7. The number of imide groups is 2. The number of amides is 7. The number of benzene rings is 4. The Morgan fingerprint density at radius 3 is 2.30 bits per heavy atom. The van der Waals surface area contributed by atoms with Crippen LogP contribution in [0.15, 0.2) is 78.9 Å². The van der Waals surface area contributed by atoms with E-state index in [4.69, 9.17) is 23.2 Å². The Balaban J connectivity index is 0.774. The van der Waals surface area contributed by atoms with Gasteiger partial charge in [0.1, 0.15) is 17.3 Å². The summed E-state index contributed by atoms with van der Waals surface area (Å²) in [5.74, 6) is -4.88. The molecule has 5 aliphatic rings. The van der Waals surface area contributed by atoms with E-state index in [-0.39, 0.29) is 46.4 Å². The van der Waals surface area contributed by atoms with Gasteiger partial charge in [-0.05, 0) is 97.8 Å². The number of halogens is 3. The van der Waals surface area contributed by atoms with Crippen molar-refractivity contribution in [3.05, 3.63) is 123 Å². The number of piperidine rings is 1. The van der Waals surface area contributed by atoms with Gasteiger partial charge in [-0.25, -0.2) is 4.39 Å². The summed E-state index contributed by atoms with van der Waals surface area (Å²) in [5.41, 5.74) is 0.936. The molecule has 7 amide bonds. The standard InChI is InChI=1S/C50H50Cl2FN7O7/c51-29-17-20-33-36(27-29)57-48(67)50(33)40(32-12-9-13-34(52)41(32)53)42(59-49(50)23-5-4-6-24-49)45(64)56-30-18-15-28(16-19-30)43(62)55-26-8-3-1-2-7-25-54-35-14-10-11-31-39(35)47(66)60(46(31)65)37-21-22-38(61)58-44(37)63/h9-20,27,37,40,42,54,59H,1-8,21-26H2,(H,55,62)(H,56,64)(H,57,67)(H,58,61,63). The van der Waals surface area contributed by atoms with E-state index in [9.17, 15) is 33.6 Å². The number of anilines is 3. The van der Waals surface area contributed by atoms with Crippen LogP contribution in [-0.4, -0.2) is 77.0 Å². The molecule has 4 unspecified atom stereocenters.